The molecule has 0 aliphatic carbocycles. The second-order valence-corrected chi connectivity index (χ2v) is 31.0. The highest BCUT2D eigenvalue weighted by Gasteiger charge is 2.37. The highest BCUT2D eigenvalue weighted by atomic mass is 127. The van der Waals surface area contributed by atoms with Gasteiger partial charge in [0.2, 0.25) is 0 Å². The van der Waals surface area contributed by atoms with Crippen LogP contribution in [0.4, 0.5) is 58.4 Å². The van der Waals surface area contributed by atoms with Crippen LogP contribution in [0.1, 0.15) is 160 Å². The number of urea groups is 1. The molecular formula is C82H101IN12O11. The summed E-state index contributed by atoms with van der Waals surface area (Å²) < 4.78 is 44.2. The zero-order valence-corrected chi connectivity index (χ0v) is 66.5. The van der Waals surface area contributed by atoms with Crippen LogP contribution in [0.5, 0.6) is 11.5 Å². The van der Waals surface area contributed by atoms with Gasteiger partial charge in [-0.3, -0.25) is 15.3 Å². The van der Waals surface area contributed by atoms with Gasteiger partial charge in [-0.2, -0.15) is 20.0 Å². The molecule has 6 amide bonds. The van der Waals surface area contributed by atoms with Crippen molar-refractivity contribution in [2.75, 3.05) is 36.8 Å². The first kappa shape index (κ1) is 80.9. The molecule has 10 rings (SSSR count). The minimum atomic E-state index is -0.906. The Labute approximate surface area is 637 Å². The summed E-state index contributed by atoms with van der Waals surface area (Å²) >= 11 is 1.96. The summed E-state index contributed by atoms with van der Waals surface area (Å²) in [5.74, 6) is 2.34. The van der Waals surface area contributed by atoms with E-state index in [0.29, 0.717) is 50.5 Å². The third kappa shape index (κ3) is 23.1. The predicted molar refractivity (Wildman–Crippen MR) is 430 cm³/mol. The van der Waals surface area contributed by atoms with Gasteiger partial charge in [0.15, 0.2) is 0 Å². The molecule has 0 unspecified atom stereocenters. The van der Waals surface area contributed by atoms with Crippen molar-refractivity contribution >= 4 is 109 Å². The molecule has 0 saturated heterocycles. The minimum Gasteiger partial charge on any atom is -0.488 e. The first-order valence-corrected chi connectivity index (χ1v) is 35.9. The van der Waals surface area contributed by atoms with E-state index in [1.165, 1.54) is 18.0 Å². The molecule has 0 aliphatic rings. The first-order valence-electron chi connectivity index (χ1n) is 35.1. The van der Waals surface area contributed by atoms with E-state index in [2.05, 4.69) is 86.3 Å². The summed E-state index contributed by atoms with van der Waals surface area (Å²) in [6.07, 6.45) is 2.37. The molecule has 0 aliphatic heterocycles. The molecule has 562 valence electrons. The maximum Gasteiger partial charge on any atom is 0.424 e. The van der Waals surface area contributed by atoms with Crippen molar-refractivity contribution in [1.29, 1.82) is 0 Å². The van der Waals surface area contributed by atoms with Crippen LogP contribution in [0.25, 0.3) is 32.9 Å². The van der Waals surface area contributed by atoms with E-state index >= 15 is 0 Å². The van der Waals surface area contributed by atoms with E-state index in [4.69, 9.17) is 46.4 Å². The summed E-state index contributed by atoms with van der Waals surface area (Å²) in [4.78, 5) is 76.8. The van der Waals surface area contributed by atoms with E-state index in [1.807, 2.05) is 127 Å². The van der Waals surface area contributed by atoms with Crippen LogP contribution >= 0.6 is 22.6 Å². The zero-order chi connectivity index (χ0) is 79.1. The van der Waals surface area contributed by atoms with Crippen molar-refractivity contribution < 1.29 is 53.8 Å². The Bertz CT molecular complexity index is 4680. The maximum atomic E-state index is 13.5. The lowest BCUT2D eigenvalue weighted by Crippen LogP contribution is -2.44. The van der Waals surface area contributed by atoms with Crippen LogP contribution in [-0.4, -0.2) is 87.2 Å². The van der Waals surface area contributed by atoms with Gasteiger partial charge in [0.05, 0.1) is 52.2 Å². The molecule has 23 nitrogen and oxygen atoms in total. The number of nitrogens with two attached hydrogens (primary N) is 2. The number of anilines is 6. The van der Waals surface area contributed by atoms with Crippen molar-refractivity contribution in [2.45, 2.75) is 185 Å². The number of ether oxygens (including phenoxy) is 6. The Morgan fingerprint density at radius 2 is 0.840 bits per heavy atom. The number of aryl methyl sites for hydroxylation is 2. The number of aromatic nitrogens is 6. The molecule has 0 bridgehead atoms. The number of nitrogen functional groups attached to an aromatic ring is 2. The molecule has 10 aromatic rings. The number of nitrogens with zero attached hydrogens (tertiary/aromatic N) is 8. The van der Waals surface area contributed by atoms with Crippen LogP contribution in [-0.2, 0) is 43.0 Å². The number of rotatable bonds is 12. The zero-order valence-electron chi connectivity index (χ0n) is 65.4. The summed E-state index contributed by atoms with van der Waals surface area (Å²) in [5, 5.41) is 18.6. The smallest absolute Gasteiger partial charge is 0.424 e. The van der Waals surface area contributed by atoms with E-state index in [1.54, 1.807) is 141 Å². The number of alkyl halides is 1. The van der Waals surface area contributed by atoms with Crippen molar-refractivity contribution in [2.24, 2.45) is 0 Å². The fourth-order valence-corrected chi connectivity index (χ4v) is 10.1. The average molecular weight is 1560 g/mol. The monoisotopic (exact) mass is 1560 g/mol. The Hall–Kier alpha value is -10.8. The van der Waals surface area contributed by atoms with E-state index in [9.17, 15) is 24.0 Å². The second-order valence-electron chi connectivity index (χ2n) is 31.0. The van der Waals surface area contributed by atoms with Crippen LogP contribution < -0.4 is 41.4 Å². The standard InChI is InChI=1S/C41H48N6O6.C26H31N3O5.C14H19N3.CH3I/c1-26-15-17-28(18-16-26)47-35(23-34(45-47)39(2,3)4)44-36(48)43-31-19-20-33(30-14-12-11-13-29(30)31)51-25-27-21-22-42-24-32(27)46(37(49)52-40(5,6)7)38(50)53-41(8,9)10;1-25(2,3)33-23(30)29(24(31)34-26(4,5)6)21-15-28-14-13-17(21)16-32-22-12-11-20(27)18-9-7-8-10-19(18)22;1-10-5-7-11(8-6-10)17-13(15)9-12(16-17)14(2,3)4;1-2/h11-24H,25H2,1-10H3,(H2,43,44,48);7-15H,16,27H2,1-6H3;5-9H,15H2,1-4H3;1H3/i;;;1D. The predicted octanol–water partition coefficient (Wildman–Crippen LogP) is 20.1. The van der Waals surface area contributed by atoms with Gasteiger partial charge < -0.3 is 45.2 Å². The molecule has 0 spiro atoms. The molecule has 106 heavy (non-hydrogen) atoms. The topological polar surface area (TPSA) is 285 Å². The number of halogens is 1. The number of carbonyl (C=O) groups excluding carboxylic acids is 5. The number of pyridine rings is 2. The fourth-order valence-electron chi connectivity index (χ4n) is 10.1. The van der Waals surface area contributed by atoms with Crippen LogP contribution in [0.15, 0.2) is 170 Å². The van der Waals surface area contributed by atoms with Gasteiger partial charge >= 0.3 is 30.4 Å². The summed E-state index contributed by atoms with van der Waals surface area (Å²) in [6, 6.07) is 45.1. The quantitative estimate of drug-likeness (QED) is 0.0383. The Kier molecular flexibility index (Phi) is 26.3. The third-order valence-corrected chi connectivity index (χ3v) is 15.2. The van der Waals surface area contributed by atoms with Gasteiger partial charge in [0, 0.05) is 75.1 Å². The van der Waals surface area contributed by atoms with Gasteiger partial charge in [0.25, 0.3) is 0 Å². The normalized spacial score (nSPS) is 11.8. The Balaban J connectivity index is 0.000000250. The lowest BCUT2D eigenvalue weighted by molar-refractivity contribution is 0.0407. The highest BCUT2D eigenvalue weighted by molar-refractivity contribution is 14.1. The largest absolute Gasteiger partial charge is 0.488 e. The number of imide groups is 2. The molecule has 4 heterocycles. The van der Waals surface area contributed by atoms with E-state index in [-0.39, 0.29) is 35.4 Å². The third-order valence-electron chi connectivity index (χ3n) is 15.2. The average Bonchev–Trinajstić information content (AvgIpc) is 1.01. The van der Waals surface area contributed by atoms with Crippen LogP contribution in [0, 0.1) is 13.8 Å². The lowest BCUT2D eigenvalue weighted by Gasteiger charge is -2.29. The molecule has 24 heteroatoms. The molecule has 0 radical (unpaired) electrons. The van der Waals surface area contributed by atoms with Crippen molar-refractivity contribution in [3.63, 3.8) is 0 Å². The molecule has 0 fully saturated rings. The van der Waals surface area contributed by atoms with Crippen molar-refractivity contribution in [3.05, 3.63) is 204 Å². The van der Waals surface area contributed by atoms with Gasteiger partial charge in [0.1, 0.15) is 58.8 Å². The molecule has 6 N–H and O–H groups in total. The van der Waals surface area contributed by atoms with E-state index in [0.717, 1.165) is 59.7 Å². The summed E-state index contributed by atoms with van der Waals surface area (Å²) in [6.45, 7) is 37.3. The van der Waals surface area contributed by atoms with Crippen molar-refractivity contribution in [3.8, 4) is 22.9 Å². The number of amides is 6. The summed E-state index contributed by atoms with van der Waals surface area (Å²) in [7, 11) is 0. The lowest BCUT2D eigenvalue weighted by atomic mass is 9.92. The fraction of sp³-hybridized carbons (Fsp3) is 0.354. The van der Waals surface area contributed by atoms with E-state index < -0.39 is 52.8 Å². The Morgan fingerprint density at radius 3 is 1.25 bits per heavy atom. The van der Waals surface area contributed by atoms with Gasteiger partial charge in [-0.25, -0.2) is 33.3 Å². The van der Waals surface area contributed by atoms with Gasteiger partial charge in [-0.15, -0.1) is 0 Å². The van der Waals surface area contributed by atoms with Crippen molar-refractivity contribution in [1.82, 2.24) is 29.5 Å². The molecule has 4 aromatic heterocycles. The number of fused-ring (bicyclic) bond motifs is 2. The van der Waals surface area contributed by atoms with Crippen LogP contribution in [0.3, 0.4) is 0 Å². The molecule has 6 aromatic carbocycles. The maximum absolute atomic E-state index is 13.5. The van der Waals surface area contributed by atoms with Gasteiger partial charge in [-0.1, -0.05) is 148 Å². The molecule has 0 atom stereocenters. The van der Waals surface area contributed by atoms with Gasteiger partial charge in [-0.05, 0) is 163 Å². The second kappa shape index (κ2) is 34.4. The van der Waals surface area contributed by atoms with Crippen LogP contribution in [0.2, 0.25) is 0 Å². The summed E-state index contributed by atoms with van der Waals surface area (Å²) in [5.41, 5.74) is 17.1. The number of hydrogen-bond acceptors (Lipinski definition) is 17. The SMILES string of the molecule is CC(C)(C)OC(=O)N(C(=O)OC(C)(C)C)c1cnccc1COc1ccc(N)c2ccccc12.Cc1ccc(-n2nc(C(C)(C)C)cc2N)cc1.Cc1ccc(-n2nc(C(C)(C)C)cc2NC(=O)Nc2ccc(OCc3ccncc3N(C(=O)OC(C)(C)C)C(=O)OC(C)(C)C)c3ccccc23)cc1.[2H]CI. The highest BCUT2D eigenvalue weighted by Crippen LogP contribution is 2.37. The number of nitrogens with one attached hydrogen (secondary N) is 2. The molecule has 0 saturated carbocycles. The molecular weight excluding hydrogens is 1460 g/mol. The number of carbonyl (C=O) groups is 5. The number of benzene rings is 6. The minimum absolute atomic E-state index is 0.0179. The first-order chi connectivity index (χ1) is 49.9. The number of hydrogen-bond donors (Lipinski definition) is 4. The Morgan fingerprint density at radius 1 is 0.472 bits per heavy atom.